The van der Waals surface area contributed by atoms with Crippen LogP contribution in [-0.4, -0.2) is 25.3 Å². The molecule has 134 valence electrons. The van der Waals surface area contributed by atoms with Crippen LogP contribution >= 0.6 is 0 Å². The van der Waals surface area contributed by atoms with Crippen molar-refractivity contribution in [2.45, 2.75) is 51.0 Å². The summed E-state index contributed by atoms with van der Waals surface area (Å²) in [6.45, 7) is 1.07. The van der Waals surface area contributed by atoms with E-state index in [4.69, 9.17) is 9.47 Å². The number of benzene rings is 2. The maximum atomic E-state index is 11.7. The van der Waals surface area contributed by atoms with E-state index in [1.807, 2.05) is 18.2 Å². The minimum Gasteiger partial charge on any atom is -0.494 e. The lowest BCUT2D eigenvalue weighted by Gasteiger charge is -2.22. The number of nitrogens with one attached hydrogen (secondary N) is 1. The molecule has 0 unspecified atom stereocenters. The number of fused-ring (bicyclic) bond motifs is 1. The van der Waals surface area contributed by atoms with E-state index in [1.54, 1.807) is 0 Å². The summed E-state index contributed by atoms with van der Waals surface area (Å²) in [5.74, 6) is 0.884. The predicted molar refractivity (Wildman–Crippen MR) is 100 cm³/mol. The Balaban J connectivity index is 1.28. The minimum atomic E-state index is -0.276. The summed E-state index contributed by atoms with van der Waals surface area (Å²) < 4.78 is 11.0. The van der Waals surface area contributed by atoms with Crippen LogP contribution in [0.3, 0.4) is 0 Å². The zero-order valence-electron chi connectivity index (χ0n) is 14.7. The van der Waals surface area contributed by atoms with E-state index in [2.05, 4.69) is 29.6 Å². The quantitative estimate of drug-likeness (QED) is 0.716. The first-order chi connectivity index (χ1) is 12.3. The highest BCUT2D eigenvalue weighted by atomic mass is 16.5. The first-order valence-corrected chi connectivity index (χ1v) is 9.36. The van der Waals surface area contributed by atoms with Gasteiger partial charge in [-0.3, -0.25) is 0 Å². The molecule has 1 aliphatic carbocycles. The highest BCUT2D eigenvalue weighted by molar-refractivity contribution is 5.83. The van der Waals surface area contributed by atoms with Crippen LogP contribution in [0.2, 0.25) is 0 Å². The summed E-state index contributed by atoms with van der Waals surface area (Å²) >= 11 is 0. The number of amides is 1. The Labute approximate surface area is 149 Å². The smallest absolute Gasteiger partial charge is 0.407 e. The summed E-state index contributed by atoms with van der Waals surface area (Å²) in [6.07, 6.45) is 7.25. The van der Waals surface area contributed by atoms with Crippen molar-refractivity contribution in [1.82, 2.24) is 5.32 Å². The van der Waals surface area contributed by atoms with Crippen LogP contribution in [0.15, 0.2) is 42.5 Å². The second-order valence-electron chi connectivity index (χ2n) is 6.68. The highest BCUT2D eigenvalue weighted by Crippen LogP contribution is 2.20. The van der Waals surface area contributed by atoms with Crippen molar-refractivity contribution >= 4 is 16.9 Å². The molecule has 0 spiro atoms. The fraction of sp³-hybridized carbons (Fsp3) is 0.476. The minimum absolute atomic E-state index is 0.276. The normalized spacial score (nSPS) is 15.0. The molecular weight excluding hydrogens is 314 g/mol. The molecule has 0 saturated heterocycles. The van der Waals surface area contributed by atoms with Gasteiger partial charge in [-0.2, -0.15) is 0 Å². The monoisotopic (exact) mass is 341 g/mol. The third kappa shape index (κ3) is 5.66. The van der Waals surface area contributed by atoms with Crippen LogP contribution in [0, 0.1) is 0 Å². The first kappa shape index (κ1) is 17.6. The zero-order chi connectivity index (χ0) is 17.3. The van der Waals surface area contributed by atoms with Crippen molar-refractivity contribution in [2.24, 2.45) is 0 Å². The van der Waals surface area contributed by atoms with Crippen LogP contribution in [0.5, 0.6) is 5.75 Å². The molecule has 0 radical (unpaired) electrons. The van der Waals surface area contributed by atoms with Crippen LogP contribution in [0.1, 0.15) is 44.9 Å². The van der Waals surface area contributed by atoms with Gasteiger partial charge < -0.3 is 14.8 Å². The van der Waals surface area contributed by atoms with Gasteiger partial charge >= 0.3 is 6.09 Å². The summed E-state index contributed by atoms with van der Waals surface area (Å²) in [5.41, 5.74) is 0. The molecule has 1 saturated carbocycles. The summed E-state index contributed by atoms with van der Waals surface area (Å²) in [6, 6.07) is 14.7. The average Bonchev–Trinajstić information content (AvgIpc) is 2.65. The van der Waals surface area contributed by atoms with Crippen LogP contribution in [0.25, 0.3) is 10.8 Å². The van der Waals surface area contributed by atoms with E-state index in [9.17, 15) is 4.79 Å². The van der Waals surface area contributed by atoms with Gasteiger partial charge in [0.1, 0.15) is 5.75 Å². The lowest BCUT2D eigenvalue weighted by Crippen LogP contribution is -2.36. The Kier molecular flexibility index (Phi) is 6.55. The van der Waals surface area contributed by atoms with Crippen molar-refractivity contribution in [2.75, 3.05) is 13.2 Å². The maximum absolute atomic E-state index is 11.7. The molecule has 1 amide bonds. The van der Waals surface area contributed by atoms with Crippen molar-refractivity contribution in [1.29, 1.82) is 0 Å². The topological polar surface area (TPSA) is 47.6 Å². The lowest BCUT2D eigenvalue weighted by molar-refractivity contribution is 0.135. The van der Waals surface area contributed by atoms with Crippen LogP contribution < -0.4 is 10.1 Å². The molecule has 4 nitrogen and oxygen atoms in total. The van der Waals surface area contributed by atoms with E-state index in [-0.39, 0.29) is 6.09 Å². The molecule has 0 aliphatic heterocycles. The number of unbranched alkanes of at least 4 members (excludes halogenated alkanes) is 1. The summed E-state index contributed by atoms with van der Waals surface area (Å²) in [4.78, 5) is 11.7. The van der Waals surface area contributed by atoms with Gasteiger partial charge in [0.2, 0.25) is 0 Å². The Bertz CT molecular complexity index is 680. The van der Waals surface area contributed by atoms with Gasteiger partial charge in [-0.05, 0) is 48.6 Å². The van der Waals surface area contributed by atoms with E-state index >= 15 is 0 Å². The lowest BCUT2D eigenvalue weighted by atomic mass is 9.96. The Morgan fingerprint density at radius 1 is 0.960 bits per heavy atom. The molecule has 1 N–H and O–H groups in total. The fourth-order valence-corrected chi connectivity index (χ4v) is 3.27. The highest BCUT2D eigenvalue weighted by Gasteiger charge is 2.15. The van der Waals surface area contributed by atoms with Gasteiger partial charge in [-0.25, -0.2) is 4.79 Å². The Morgan fingerprint density at radius 3 is 2.56 bits per heavy atom. The predicted octanol–water partition coefficient (Wildman–Crippen LogP) is 5.06. The van der Waals surface area contributed by atoms with Gasteiger partial charge in [0, 0.05) is 6.04 Å². The van der Waals surface area contributed by atoms with Crippen molar-refractivity contribution in [3.05, 3.63) is 42.5 Å². The van der Waals surface area contributed by atoms with E-state index in [1.165, 1.54) is 30.0 Å². The largest absolute Gasteiger partial charge is 0.494 e. The van der Waals surface area contributed by atoms with Gasteiger partial charge in [0.05, 0.1) is 13.2 Å². The van der Waals surface area contributed by atoms with Gasteiger partial charge in [0.25, 0.3) is 0 Å². The molecule has 0 aromatic heterocycles. The Hall–Kier alpha value is -2.23. The SMILES string of the molecule is O=C(NC1CCCCC1)OCCCCOc1ccc2ccccc2c1. The zero-order valence-corrected chi connectivity index (χ0v) is 14.7. The fourth-order valence-electron chi connectivity index (χ4n) is 3.27. The molecule has 3 rings (SSSR count). The summed E-state index contributed by atoms with van der Waals surface area (Å²) in [5, 5.41) is 5.36. The number of carbonyl (C=O) groups excluding carboxylic acids is 1. The van der Waals surface area contributed by atoms with Gasteiger partial charge in [-0.1, -0.05) is 49.6 Å². The van der Waals surface area contributed by atoms with Gasteiger partial charge in [0.15, 0.2) is 0 Å². The molecule has 0 heterocycles. The number of hydrogen-bond donors (Lipinski definition) is 1. The third-order valence-corrected chi connectivity index (χ3v) is 4.69. The molecule has 0 bridgehead atoms. The molecule has 2 aromatic rings. The van der Waals surface area contributed by atoms with Crippen molar-refractivity contribution in [3.63, 3.8) is 0 Å². The molecule has 1 aliphatic rings. The molecular formula is C21H27NO3. The standard InChI is InChI=1S/C21H27NO3/c23-21(22-19-10-2-1-3-11-19)25-15-7-6-14-24-20-13-12-17-8-4-5-9-18(17)16-20/h4-5,8-9,12-13,16,19H,1-3,6-7,10-11,14-15H2,(H,22,23). The van der Waals surface area contributed by atoms with Crippen LogP contribution in [-0.2, 0) is 4.74 Å². The van der Waals surface area contributed by atoms with E-state index < -0.39 is 0 Å². The molecule has 25 heavy (non-hydrogen) atoms. The van der Waals surface area contributed by atoms with Crippen molar-refractivity contribution < 1.29 is 14.3 Å². The number of alkyl carbamates (subject to hydrolysis) is 1. The van der Waals surface area contributed by atoms with Crippen molar-refractivity contribution in [3.8, 4) is 5.75 Å². The maximum Gasteiger partial charge on any atom is 0.407 e. The van der Waals surface area contributed by atoms with E-state index in [0.717, 1.165) is 31.4 Å². The summed E-state index contributed by atoms with van der Waals surface area (Å²) in [7, 11) is 0. The number of ether oxygens (including phenoxy) is 2. The number of hydrogen-bond acceptors (Lipinski definition) is 3. The first-order valence-electron chi connectivity index (χ1n) is 9.36. The van der Waals surface area contributed by atoms with Crippen LogP contribution in [0.4, 0.5) is 4.79 Å². The molecule has 4 heteroatoms. The average molecular weight is 341 g/mol. The van der Waals surface area contributed by atoms with E-state index in [0.29, 0.717) is 19.3 Å². The third-order valence-electron chi connectivity index (χ3n) is 4.69. The molecule has 0 atom stereocenters. The molecule has 2 aromatic carbocycles. The second-order valence-corrected chi connectivity index (χ2v) is 6.68. The number of rotatable bonds is 7. The number of carbonyl (C=O) groups is 1. The Morgan fingerprint density at radius 2 is 1.72 bits per heavy atom. The second kappa shape index (κ2) is 9.30. The van der Waals surface area contributed by atoms with Gasteiger partial charge in [-0.15, -0.1) is 0 Å². The molecule has 1 fully saturated rings.